The fraction of sp³-hybridized carbons (Fsp3) is 0.222. The topological polar surface area (TPSA) is 101 Å². The zero-order chi connectivity index (χ0) is 22.5. The zero-order valence-corrected chi connectivity index (χ0v) is 17.0. The normalized spacial score (nSPS) is 11.1. The molecule has 0 spiro atoms. The van der Waals surface area contributed by atoms with Crippen LogP contribution in [0.15, 0.2) is 41.3 Å². The van der Waals surface area contributed by atoms with Crippen LogP contribution in [0.5, 0.6) is 0 Å². The smallest absolute Gasteiger partial charge is 0.326 e. The number of thioether (sulfide) groups is 1. The van der Waals surface area contributed by atoms with Crippen LogP contribution in [0.1, 0.15) is 18.9 Å². The van der Waals surface area contributed by atoms with Crippen LogP contribution in [0.25, 0.3) is 0 Å². The third kappa shape index (κ3) is 6.36. The van der Waals surface area contributed by atoms with E-state index in [0.29, 0.717) is 29.6 Å². The standard InChI is InChI=1S/C18H15ClF3N3O4S/c1-2-16(26)23-11-4-5-12(19)13(8-11)24-17(27)9-30-15-6-3-10(18(20,21)22)7-14(15)25(28)29/h3-8H,2,9H2,1H3,(H,23,26)(H,24,27). The molecule has 0 radical (unpaired) electrons. The van der Waals surface area contributed by atoms with Crippen LogP contribution in [-0.4, -0.2) is 22.5 Å². The Morgan fingerprint density at radius 1 is 1.13 bits per heavy atom. The predicted octanol–water partition coefficient (Wildman–Crippen LogP) is 5.35. The Morgan fingerprint density at radius 2 is 1.83 bits per heavy atom. The van der Waals surface area contributed by atoms with Gasteiger partial charge in [0, 0.05) is 18.2 Å². The van der Waals surface area contributed by atoms with Crippen LogP contribution in [0, 0.1) is 10.1 Å². The first-order chi connectivity index (χ1) is 14.0. The van der Waals surface area contributed by atoms with E-state index < -0.39 is 28.3 Å². The van der Waals surface area contributed by atoms with Crippen molar-refractivity contribution in [3.63, 3.8) is 0 Å². The van der Waals surface area contributed by atoms with Gasteiger partial charge in [-0.25, -0.2) is 0 Å². The van der Waals surface area contributed by atoms with Crippen molar-refractivity contribution in [1.29, 1.82) is 0 Å². The highest BCUT2D eigenvalue weighted by Crippen LogP contribution is 2.36. The molecule has 30 heavy (non-hydrogen) atoms. The van der Waals surface area contributed by atoms with Crippen molar-refractivity contribution in [3.8, 4) is 0 Å². The number of carbonyl (C=O) groups excluding carboxylic acids is 2. The van der Waals surface area contributed by atoms with Gasteiger partial charge in [-0.15, -0.1) is 11.8 Å². The Bertz CT molecular complexity index is 986. The molecule has 2 amide bonds. The van der Waals surface area contributed by atoms with E-state index in [0.717, 1.165) is 6.07 Å². The molecule has 0 aromatic heterocycles. The van der Waals surface area contributed by atoms with Crippen LogP contribution in [0.3, 0.4) is 0 Å². The highest BCUT2D eigenvalue weighted by molar-refractivity contribution is 8.00. The number of nitro benzene ring substituents is 1. The van der Waals surface area contributed by atoms with E-state index in [2.05, 4.69) is 10.6 Å². The number of anilines is 2. The molecule has 0 aliphatic carbocycles. The highest BCUT2D eigenvalue weighted by atomic mass is 35.5. The van der Waals surface area contributed by atoms with Gasteiger partial charge in [0.2, 0.25) is 11.8 Å². The van der Waals surface area contributed by atoms with E-state index in [9.17, 15) is 32.9 Å². The molecule has 2 aromatic rings. The number of nitrogens with one attached hydrogen (secondary N) is 2. The second kappa shape index (κ2) is 9.81. The van der Waals surface area contributed by atoms with Gasteiger partial charge in [0.25, 0.3) is 5.69 Å². The number of alkyl halides is 3. The molecule has 0 aliphatic heterocycles. The summed E-state index contributed by atoms with van der Waals surface area (Å²) >= 11 is 6.74. The van der Waals surface area contributed by atoms with Crippen LogP contribution in [0.2, 0.25) is 5.02 Å². The summed E-state index contributed by atoms with van der Waals surface area (Å²) in [6.45, 7) is 1.67. The van der Waals surface area contributed by atoms with Crippen molar-refractivity contribution in [2.75, 3.05) is 16.4 Å². The number of carbonyl (C=O) groups is 2. The summed E-state index contributed by atoms with van der Waals surface area (Å²) in [6, 6.07) is 6.55. The van der Waals surface area contributed by atoms with Crippen molar-refractivity contribution >= 4 is 52.2 Å². The third-order valence-corrected chi connectivity index (χ3v) is 5.08. The molecule has 0 heterocycles. The minimum Gasteiger partial charge on any atom is -0.326 e. The summed E-state index contributed by atoms with van der Waals surface area (Å²) in [5, 5.41) is 16.4. The van der Waals surface area contributed by atoms with Gasteiger partial charge in [0.05, 0.1) is 31.8 Å². The molecule has 0 aliphatic rings. The molecule has 2 aromatic carbocycles. The molecule has 12 heteroatoms. The monoisotopic (exact) mass is 461 g/mol. The molecular weight excluding hydrogens is 447 g/mol. The Labute approximate surface area is 178 Å². The summed E-state index contributed by atoms with van der Waals surface area (Å²) in [6.07, 6.45) is -4.47. The largest absolute Gasteiger partial charge is 0.416 e. The first-order valence-electron chi connectivity index (χ1n) is 8.39. The number of benzene rings is 2. The minimum atomic E-state index is -4.72. The van der Waals surface area contributed by atoms with Crippen molar-refractivity contribution in [2.24, 2.45) is 0 Å². The lowest BCUT2D eigenvalue weighted by Crippen LogP contribution is -2.15. The van der Waals surface area contributed by atoms with Crippen LogP contribution in [-0.2, 0) is 15.8 Å². The molecular formula is C18H15ClF3N3O4S. The Kier molecular flexibility index (Phi) is 7.68. The average Bonchev–Trinajstić information content (AvgIpc) is 2.67. The molecule has 160 valence electrons. The zero-order valence-electron chi connectivity index (χ0n) is 15.4. The maximum atomic E-state index is 12.8. The minimum absolute atomic E-state index is 0.0850. The summed E-state index contributed by atoms with van der Waals surface area (Å²) in [4.78, 5) is 33.8. The van der Waals surface area contributed by atoms with E-state index in [1.54, 1.807) is 13.0 Å². The SMILES string of the molecule is CCC(=O)Nc1ccc(Cl)c(NC(=O)CSc2ccc(C(F)(F)F)cc2[N+](=O)[O-])c1. The maximum Gasteiger partial charge on any atom is 0.416 e. The lowest BCUT2D eigenvalue weighted by Gasteiger charge is -2.11. The Hall–Kier alpha value is -2.79. The Balaban J connectivity index is 2.10. The summed E-state index contributed by atoms with van der Waals surface area (Å²) < 4.78 is 38.3. The quantitative estimate of drug-likeness (QED) is 0.329. The summed E-state index contributed by atoms with van der Waals surface area (Å²) in [7, 11) is 0. The van der Waals surface area contributed by atoms with Gasteiger partial charge in [-0.05, 0) is 30.3 Å². The first-order valence-corrected chi connectivity index (χ1v) is 9.75. The van der Waals surface area contributed by atoms with Crippen molar-refractivity contribution in [1.82, 2.24) is 0 Å². The molecule has 0 saturated carbocycles. The average molecular weight is 462 g/mol. The van der Waals surface area contributed by atoms with E-state index in [-0.39, 0.29) is 33.7 Å². The van der Waals surface area contributed by atoms with Crippen molar-refractivity contribution in [3.05, 3.63) is 57.1 Å². The summed E-state index contributed by atoms with van der Waals surface area (Å²) in [5.41, 5.74) is -1.28. The van der Waals surface area contributed by atoms with Gasteiger partial charge in [-0.3, -0.25) is 19.7 Å². The number of nitro groups is 1. The second-order valence-electron chi connectivity index (χ2n) is 5.87. The fourth-order valence-corrected chi connectivity index (χ4v) is 3.21. The van der Waals surface area contributed by atoms with Gasteiger partial charge in [0.15, 0.2) is 0 Å². The number of rotatable bonds is 7. The number of nitrogens with zero attached hydrogens (tertiary/aromatic N) is 1. The number of hydrogen-bond acceptors (Lipinski definition) is 5. The van der Waals surface area contributed by atoms with E-state index in [1.165, 1.54) is 12.1 Å². The fourth-order valence-electron chi connectivity index (χ4n) is 2.24. The van der Waals surface area contributed by atoms with Crippen LogP contribution in [0.4, 0.5) is 30.2 Å². The molecule has 0 saturated heterocycles. The van der Waals surface area contributed by atoms with Gasteiger partial charge >= 0.3 is 6.18 Å². The summed E-state index contributed by atoms with van der Waals surface area (Å²) in [5.74, 6) is -1.14. The van der Waals surface area contributed by atoms with E-state index in [4.69, 9.17) is 11.6 Å². The van der Waals surface area contributed by atoms with E-state index in [1.807, 2.05) is 0 Å². The van der Waals surface area contributed by atoms with Gasteiger partial charge in [-0.1, -0.05) is 18.5 Å². The molecule has 0 fully saturated rings. The molecule has 0 atom stereocenters. The second-order valence-corrected chi connectivity index (χ2v) is 7.29. The third-order valence-electron chi connectivity index (χ3n) is 3.69. The lowest BCUT2D eigenvalue weighted by atomic mass is 10.2. The molecule has 2 rings (SSSR count). The molecule has 7 nitrogen and oxygen atoms in total. The molecule has 2 N–H and O–H groups in total. The first kappa shape index (κ1) is 23.5. The number of amides is 2. The van der Waals surface area contributed by atoms with Crippen molar-refractivity contribution < 1.29 is 27.7 Å². The predicted molar refractivity (Wildman–Crippen MR) is 108 cm³/mol. The van der Waals surface area contributed by atoms with E-state index >= 15 is 0 Å². The van der Waals surface area contributed by atoms with Gasteiger partial charge in [0.1, 0.15) is 0 Å². The maximum absolute atomic E-state index is 12.8. The highest BCUT2D eigenvalue weighted by Gasteiger charge is 2.33. The van der Waals surface area contributed by atoms with Crippen LogP contribution >= 0.6 is 23.4 Å². The van der Waals surface area contributed by atoms with Gasteiger partial charge < -0.3 is 10.6 Å². The van der Waals surface area contributed by atoms with Crippen molar-refractivity contribution in [2.45, 2.75) is 24.4 Å². The number of halogens is 4. The molecule has 0 unspecified atom stereocenters. The van der Waals surface area contributed by atoms with Crippen LogP contribution < -0.4 is 10.6 Å². The van der Waals surface area contributed by atoms with Gasteiger partial charge in [-0.2, -0.15) is 13.2 Å². The lowest BCUT2D eigenvalue weighted by molar-refractivity contribution is -0.388. The Morgan fingerprint density at radius 3 is 2.43 bits per heavy atom. The number of hydrogen-bond donors (Lipinski definition) is 2. The molecule has 0 bridgehead atoms.